The Labute approximate surface area is 142 Å². The second kappa shape index (κ2) is 6.51. The van der Waals surface area contributed by atoms with Crippen LogP contribution in [0, 0.1) is 12.8 Å². The average Bonchev–Trinajstić information content (AvgIpc) is 2.97. The second-order valence-electron chi connectivity index (χ2n) is 7.16. The van der Waals surface area contributed by atoms with Crippen molar-refractivity contribution in [1.82, 2.24) is 19.7 Å². The van der Waals surface area contributed by atoms with Gasteiger partial charge in [-0.15, -0.1) is 0 Å². The molecular weight excluding hydrogens is 304 g/mol. The van der Waals surface area contributed by atoms with Crippen molar-refractivity contribution in [1.29, 1.82) is 0 Å². The Hall–Kier alpha value is -1.95. The van der Waals surface area contributed by atoms with Crippen LogP contribution in [0.5, 0.6) is 0 Å². The Morgan fingerprint density at radius 3 is 2.83 bits per heavy atom. The van der Waals surface area contributed by atoms with Crippen LogP contribution in [0.1, 0.15) is 55.7 Å². The molecule has 0 aliphatic carbocycles. The van der Waals surface area contributed by atoms with Gasteiger partial charge in [-0.2, -0.15) is 5.10 Å². The zero-order chi connectivity index (χ0) is 17.4. The number of aryl methyl sites for hydroxylation is 1. The number of rotatable bonds is 3. The van der Waals surface area contributed by atoms with E-state index in [9.17, 15) is 9.90 Å². The maximum absolute atomic E-state index is 13.2. The highest BCUT2D eigenvalue weighted by atomic mass is 16.3. The third kappa shape index (κ3) is 2.90. The Balaban J connectivity index is 2.03. The smallest absolute Gasteiger partial charge is 0.254 e. The minimum Gasteiger partial charge on any atom is -0.396 e. The van der Waals surface area contributed by atoms with E-state index < -0.39 is 0 Å². The van der Waals surface area contributed by atoms with Crippen molar-refractivity contribution < 1.29 is 9.90 Å². The highest BCUT2D eigenvalue weighted by Gasteiger charge is 2.30. The Morgan fingerprint density at radius 2 is 2.17 bits per heavy atom. The minimum absolute atomic E-state index is 0.0134. The lowest BCUT2D eigenvalue weighted by Gasteiger charge is -2.37. The van der Waals surface area contributed by atoms with E-state index in [0.717, 1.165) is 29.6 Å². The van der Waals surface area contributed by atoms with Crippen LogP contribution in [0.2, 0.25) is 0 Å². The van der Waals surface area contributed by atoms with Crippen molar-refractivity contribution in [3.8, 4) is 0 Å². The van der Waals surface area contributed by atoms with Crippen LogP contribution in [-0.2, 0) is 0 Å². The van der Waals surface area contributed by atoms with Gasteiger partial charge in [0.05, 0.1) is 17.1 Å². The zero-order valence-corrected chi connectivity index (χ0v) is 14.9. The fourth-order valence-corrected chi connectivity index (χ4v) is 3.47. The molecule has 0 radical (unpaired) electrons. The summed E-state index contributed by atoms with van der Waals surface area (Å²) in [5.41, 5.74) is 2.24. The van der Waals surface area contributed by atoms with Gasteiger partial charge < -0.3 is 10.0 Å². The summed E-state index contributed by atoms with van der Waals surface area (Å²) >= 11 is 0. The van der Waals surface area contributed by atoms with E-state index in [1.54, 1.807) is 6.20 Å². The maximum Gasteiger partial charge on any atom is 0.254 e. The van der Waals surface area contributed by atoms with E-state index in [2.05, 4.69) is 30.9 Å². The predicted octanol–water partition coefficient (Wildman–Crippen LogP) is 2.55. The van der Waals surface area contributed by atoms with Crippen molar-refractivity contribution >= 4 is 16.9 Å². The number of hydrogen-bond acceptors (Lipinski definition) is 4. The molecule has 2 aromatic rings. The molecule has 2 atom stereocenters. The minimum atomic E-state index is 0.0134. The average molecular weight is 330 g/mol. The molecule has 0 saturated carbocycles. The highest BCUT2D eigenvalue weighted by Crippen LogP contribution is 2.27. The summed E-state index contributed by atoms with van der Waals surface area (Å²) in [5, 5.41) is 14.7. The highest BCUT2D eigenvalue weighted by molar-refractivity contribution is 6.05. The molecule has 1 fully saturated rings. The molecule has 6 nitrogen and oxygen atoms in total. The van der Waals surface area contributed by atoms with Gasteiger partial charge in [0.2, 0.25) is 0 Å². The van der Waals surface area contributed by atoms with E-state index in [-0.39, 0.29) is 30.5 Å². The molecule has 1 aliphatic rings. The molecule has 0 spiro atoms. The van der Waals surface area contributed by atoms with Crippen LogP contribution in [0.25, 0.3) is 11.0 Å². The zero-order valence-electron chi connectivity index (χ0n) is 14.9. The number of nitrogens with zero attached hydrogens (tertiary/aromatic N) is 4. The van der Waals surface area contributed by atoms with Gasteiger partial charge in [-0.1, -0.05) is 0 Å². The molecule has 6 heteroatoms. The molecular formula is C18H26N4O2. The number of amides is 1. The van der Waals surface area contributed by atoms with Gasteiger partial charge in [-0.3, -0.25) is 4.79 Å². The molecule has 1 aliphatic heterocycles. The fraction of sp³-hybridized carbons (Fsp3) is 0.611. The van der Waals surface area contributed by atoms with Crippen LogP contribution < -0.4 is 0 Å². The van der Waals surface area contributed by atoms with Gasteiger partial charge in [-0.05, 0) is 52.5 Å². The number of carbonyl (C=O) groups excluding carboxylic acids is 1. The number of pyridine rings is 1. The SMILES string of the molecule is Cc1cc(C(=O)N2CC(CO)CCC2C)c2cnn(C(C)C)c2n1. The summed E-state index contributed by atoms with van der Waals surface area (Å²) < 4.78 is 1.86. The number of likely N-dealkylation sites (tertiary alicyclic amines) is 1. The standard InChI is InChI=1S/C18H26N4O2/c1-11(2)22-17-16(8-19-22)15(7-12(3)20-17)18(24)21-9-14(10-23)6-5-13(21)4/h7-8,11,13-14,23H,5-6,9-10H2,1-4H3. The van der Waals surface area contributed by atoms with E-state index >= 15 is 0 Å². The first-order valence-electron chi connectivity index (χ1n) is 8.69. The van der Waals surface area contributed by atoms with Gasteiger partial charge >= 0.3 is 0 Å². The van der Waals surface area contributed by atoms with Gasteiger partial charge in [0.15, 0.2) is 5.65 Å². The van der Waals surface area contributed by atoms with Crippen LogP contribution in [0.3, 0.4) is 0 Å². The number of piperidine rings is 1. The summed E-state index contributed by atoms with van der Waals surface area (Å²) in [6.07, 6.45) is 3.64. The molecule has 0 aromatic carbocycles. The first kappa shape index (κ1) is 16.9. The number of fused-ring (bicyclic) bond motifs is 1. The second-order valence-corrected chi connectivity index (χ2v) is 7.16. The van der Waals surface area contributed by atoms with Crippen molar-refractivity contribution in [3.05, 3.63) is 23.5 Å². The molecule has 1 saturated heterocycles. The number of hydrogen-bond donors (Lipinski definition) is 1. The van der Waals surface area contributed by atoms with Crippen LogP contribution in [-0.4, -0.2) is 49.9 Å². The number of aliphatic hydroxyl groups excluding tert-OH is 1. The third-order valence-corrected chi connectivity index (χ3v) is 4.91. The monoisotopic (exact) mass is 330 g/mol. The number of aliphatic hydroxyl groups is 1. The van der Waals surface area contributed by atoms with Gasteiger partial charge in [0.25, 0.3) is 5.91 Å². The largest absolute Gasteiger partial charge is 0.396 e. The number of aromatic nitrogens is 3. The molecule has 2 aromatic heterocycles. The molecule has 1 amide bonds. The van der Waals surface area contributed by atoms with Crippen molar-refractivity contribution in [2.75, 3.05) is 13.2 Å². The Bertz CT molecular complexity index is 753. The van der Waals surface area contributed by atoms with E-state index in [1.807, 2.05) is 22.6 Å². The van der Waals surface area contributed by atoms with E-state index in [1.165, 1.54) is 0 Å². The van der Waals surface area contributed by atoms with E-state index in [4.69, 9.17) is 0 Å². The van der Waals surface area contributed by atoms with E-state index in [0.29, 0.717) is 12.1 Å². The summed E-state index contributed by atoms with van der Waals surface area (Å²) in [5.74, 6) is 0.182. The normalized spacial score (nSPS) is 21.7. The summed E-state index contributed by atoms with van der Waals surface area (Å²) in [6, 6.07) is 2.23. The van der Waals surface area contributed by atoms with Gasteiger partial charge in [-0.25, -0.2) is 9.67 Å². The lowest BCUT2D eigenvalue weighted by Crippen LogP contribution is -2.46. The molecule has 1 N–H and O–H groups in total. The molecule has 130 valence electrons. The third-order valence-electron chi connectivity index (χ3n) is 4.91. The van der Waals surface area contributed by atoms with Crippen LogP contribution in [0.4, 0.5) is 0 Å². The van der Waals surface area contributed by atoms with Crippen LogP contribution >= 0.6 is 0 Å². The topological polar surface area (TPSA) is 71.2 Å². The first-order chi connectivity index (χ1) is 11.4. The first-order valence-corrected chi connectivity index (χ1v) is 8.69. The Kier molecular flexibility index (Phi) is 4.58. The van der Waals surface area contributed by atoms with Crippen molar-refractivity contribution in [2.45, 2.75) is 52.6 Å². The molecule has 0 bridgehead atoms. The van der Waals surface area contributed by atoms with Crippen molar-refractivity contribution in [2.24, 2.45) is 5.92 Å². The summed E-state index contributed by atoms with van der Waals surface area (Å²) in [7, 11) is 0. The molecule has 3 rings (SSSR count). The molecule has 3 heterocycles. The lowest BCUT2D eigenvalue weighted by atomic mass is 9.93. The molecule has 24 heavy (non-hydrogen) atoms. The van der Waals surface area contributed by atoms with Crippen LogP contribution in [0.15, 0.2) is 12.3 Å². The predicted molar refractivity (Wildman–Crippen MR) is 93.0 cm³/mol. The quantitative estimate of drug-likeness (QED) is 0.939. The summed E-state index contributed by atoms with van der Waals surface area (Å²) in [4.78, 5) is 19.7. The maximum atomic E-state index is 13.2. The summed E-state index contributed by atoms with van der Waals surface area (Å²) in [6.45, 7) is 8.83. The van der Waals surface area contributed by atoms with Gasteiger partial charge in [0, 0.05) is 30.9 Å². The Morgan fingerprint density at radius 1 is 1.42 bits per heavy atom. The van der Waals surface area contributed by atoms with Crippen molar-refractivity contribution in [3.63, 3.8) is 0 Å². The number of carbonyl (C=O) groups is 1. The van der Waals surface area contributed by atoms with Gasteiger partial charge in [0.1, 0.15) is 0 Å². The fourth-order valence-electron chi connectivity index (χ4n) is 3.47. The molecule has 2 unspecified atom stereocenters. The lowest BCUT2D eigenvalue weighted by molar-refractivity contribution is 0.0490.